The molecule has 4 rings (SSSR count). The number of nitrogens with zero attached hydrogens (tertiary/aromatic N) is 3. The van der Waals surface area contributed by atoms with Crippen LogP contribution in [-0.4, -0.2) is 21.9 Å². The Balaban J connectivity index is 1.94. The van der Waals surface area contributed by atoms with Gasteiger partial charge in [0.05, 0.1) is 23.4 Å². The molecule has 6 heteroatoms. The second-order valence-electron chi connectivity index (χ2n) is 6.38. The number of aromatic nitrogens is 3. The van der Waals surface area contributed by atoms with Gasteiger partial charge < -0.3 is 4.74 Å². The number of ether oxygens (including phenoxy) is 1. The van der Waals surface area contributed by atoms with Gasteiger partial charge >= 0.3 is 0 Å². The second-order valence-corrected chi connectivity index (χ2v) is 7.58. The average Bonchev–Trinajstić information content (AvgIpc) is 3.07. The van der Waals surface area contributed by atoms with Crippen LogP contribution in [0, 0.1) is 13.8 Å². The van der Waals surface area contributed by atoms with E-state index in [1.54, 1.807) is 7.11 Å². The van der Waals surface area contributed by atoms with Gasteiger partial charge in [-0.1, -0.05) is 36.4 Å². The van der Waals surface area contributed by atoms with Gasteiger partial charge in [-0.3, -0.25) is 4.79 Å². The van der Waals surface area contributed by atoms with Crippen LogP contribution < -0.4 is 10.3 Å². The molecular weight excluding hydrogens is 358 g/mol. The molecule has 2 aromatic carbocycles. The highest BCUT2D eigenvalue weighted by Crippen LogP contribution is 2.31. The number of aryl methyl sites for hydroxylation is 2. The molecule has 0 fully saturated rings. The minimum Gasteiger partial charge on any atom is -0.497 e. The van der Waals surface area contributed by atoms with Crippen molar-refractivity contribution in [2.24, 2.45) is 0 Å². The van der Waals surface area contributed by atoms with E-state index in [1.165, 1.54) is 16.0 Å². The number of hydrogen-bond acceptors (Lipinski definition) is 5. The lowest BCUT2D eigenvalue weighted by Gasteiger charge is -2.11. The molecule has 0 aliphatic rings. The maximum Gasteiger partial charge on any atom is 0.294 e. The number of fused-ring (bicyclic) bond motifs is 1. The quantitative estimate of drug-likeness (QED) is 0.535. The van der Waals surface area contributed by atoms with Gasteiger partial charge in [-0.25, -0.2) is 9.67 Å². The summed E-state index contributed by atoms with van der Waals surface area (Å²) >= 11 is 1.49. The summed E-state index contributed by atoms with van der Waals surface area (Å²) in [6, 6.07) is 15.7. The Labute approximate surface area is 160 Å². The highest BCUT2D eigenvalue weighted by molar-refractivity contribution is 7.19. The molecule has 0 spiro atoms. The van der Waals surface area contributed by atoms with Crippen molar-refractivity contribution in [2.45, 2.75) is 20.4 Å². The molecule has 0 amide bonds. The van der Waals surface area contributed by atoms with Crippen molar-refractivity contribution in [1.29, 1.82) is 0 Å². The van der Waals surface area contributed by atoms with E-state index in [0.717, 1.165) is 37.8 Å². The Kier molecular flexibility index (Phi) is 4.49. The largest absolute Gasteiger partial charge is 0.497 e. The fraction of sp³-hybridized carbons (Fsp3) is 0.190. The first-order chi connectivity index (χ1) is 13.1. The van der Waals surface area contributed by atoms with Crippen molar-refractivity contribution in [1.82, 2.24) is 14.8 Å². The molecule has 0 saturated heterocycles. The third-order valence-corrected chi connectivity index (χ3v) is 5.51. The standard InChI is InChI=1S/C21H19N3O2S/c1-13-7-4-5-8-16(13)12-24-21(25)19-20(27-14(2)22-19)18(23-24)15-9-6-10-17(11-15)26-3/h4-11H,12H2,1-3H3. The molecule has 0 aliphatic heterocycles. The molecule has 0 saturated carbocycles. The van der Waals surface area contributed by atoms with Crippen LogP contribution in [0.15, 0.2) is 53.3 Å². The molecule has 2 heterocycles. The molecule has 0 radical (unpaired) electrons. The van der Waals surface area contributed by atoms with Crippen LogP contribution in [-0.2, 0) is 6.54 Å². The fourth-order valence-electron chi connectivity index (χ4n) is 3.08. The van der Waals surface area contributed by atoms with Crippen LogP contribution in [0.2, 0.25) is 0 Å². The van der Waals surface area contributed by atoms with Crippen LogP contribution in [0.3, 0.4) is 0 Å². The van der Waals surface area contributed by atoms with Crippen molar-refractivity contribution < 1.29 is 4.74 Å². The van der Waals surface area contributed by atoms with E-state index in [-0.39, 0.29) is 5.56 Å². The van der Waals surface area contributed by atoms with Gasteiger partial charge in [0.15, 0.2) is 5.52 Å². The first-order valence-electron chi connectivity index (χ1n) is 8.64. The molecule has 136 valence electrons. The zero-order chi connectivity index (χ0) is 19.0. The van der Waals surface area contributed by atoms with Crippen LogP contribution in [0.4, 0.5) is 0 Å². The maximum absolute atomic E-state index is 13.0. The Bertz CT molecular complexity index is 1190. The monoisotopic (exact) mass is 377 g/mol. The molecule has 2 aromatic heterocycles. The van der Waals surface area contributed by atoms with Gasteiger partial charge in [-0.15, -0.1) is 11.3 Å². The first kappa shape index (κ1) is 17.4. The van der Waals surface area contributed by atoms with Crippen LogP contribution in [0.25, 0.3) is 21.5 Å². The van der Waals surface area contributed by atoms with Crippen molar-refractivity contribution in [3.05, 3.63) is 75.0 Å². The molecular formula is C21H19N3O2S. The minimum atomic E-state index is -0.163. The topological polar surface area (TPSA) is 57.0 Å². The molecule has 0 N–H and O–H groups in total. The Morgan fingerprint density at radius 2 is 1.93 bits per heavy atom. The zero-order valence-electron chi connectivity index (χ0n) is 15.4. The summed E-state index contributed by atoms with van der Waals surface area (Å²) < 4.78 is 7.67. The molecule has 0 aliphatic carbocycles. The fourth-order valence-corrected chi connectivity index (χ4v) is 4.00. The Morgan fingerprint density at radius 3 is 2.70 bits per heavy atom. The number of hydrogen-bond donors (Lipinski definition) is 0. The molecule has 0 bridgehead atoms. The van der Waals surface area contributed by atoms with Crippen molar-refractivity contribution in [2.75, 3.05) is 7.11 Å². The van der Waals surface area contributed by atoms with E-state index in [2.05, 4.69) is 4.98 Å². The van der Waals surface area contributed by atoms with E-state index in [4.69, 9.17) is 9.84 Å². The third kappa shape index (κ3) is 3.24. The second kappa shape index (κ2) is 6.96. The number of methoxy groups -OCH3 is 1. The molecule has 5 nitrogen and oxygen atoms in total. The van der Waals surface area contributed by atoms with E-state index in [9.17, 15) is 4.79 Å². The van der Waals surface area contributed by atoms with Gasteiger partial charge in [-0.2, -0.15) is 5.10 Å². The Hall–Kier alpha value is -2.99. The highest BCUT2D eigenvalue weighted by atomic mass is 32.1. The number of benzene rings is 2. The summed E-state index contributed by atoms with van der Waals surface area (Å²) in [5.41, 5.74) is 4.16. The maximum atomic E-state index is 13.0. The predicted molar refractivity (Wildman–Crippen MR) is 109 cm³/mol. The summed E-state index contributed by atoms with van der Waals surface area (Å²) in [7, 11) is 1.64. The predicted octanol–water partition coefficient (Wildman–Crippen LogP) is 4.19. The summed E-state index contributed by atoms with van der Waals surface area (Å²) in [5.74, 6) is 0.750. The lowest BCUT2D eigenvalue weighted by molar-refractivity contribution is 0.415. The van der Waals surface area contributed by atoms with Gasteiger partial charge in [0.2, 0.25) is 0 Å². The molecule has 0 unspecified atom stereocenters. The van der Waals surface area contributed by atoms with E-state index < -0.39 is 0 Å². The SMILES string of the molecule is COc1cccc(-c2nn(Cc3ccccc3C)c(=O)c3nc(C)sc23)c1. The van der Waals surface area contributed by atoms with Crippen molar-refractivity contribution in [3.63, 3.8) is 0 Å². The zero-order valence-corrected chi connectivity index (χ0v) is 16.2. The summed E-state index contributed by atoms with van der Waals surface area (Å²) in [5, 5.41) is 5.56. The highest BCUT2D eigenvalue weighted by Gasteiger charge is 2.17. The van der Waals surface area contributed by atoms with E-state index in [1.807, 2.05) is 62.4 Å². The Morgan fingerprint density at radius 1 is 1.11 bits per heavy atom. The summed E-state index contributed by atoms with van der Waals surface area (Å²) in [6.07, 6.45) is 0. The normalized spacial score (nSPS) is 11.1. The van der Waals surface area contributed by atoms with E-state index >= 15 is 0 Å². The lowest BCUT2D eigenvalue weighted by atomic mass is 10.1. The van der Waals surface area contributed by atoms with Crippen molar-refractivity contribution >= 4 is 21.6 Å². The molecule has 27 heavy (non-hydrogen) atoms. The van der Waals surface area contributed by atoms with Crippen LogP contribution in [0.5, 0.6) is 5.75 Å². The smallest absolute Gasteiger partial charge is 0.294 e. The summed E-state index contributed by atoms with van der Waals surface area (Å²) in [6.45, 7) is 4.36. The van der Waals surface area contributed by atoms with E-state index in [0.29, 0.717) is 12.1 Å². The molecule has 4 aromatic rings. The van der Waals surface area contributed by atoms with Gasteiger partial charge in [0.25, 0.3) is 5.56 Å². The average molecular weight is 377 g/mol. The lowest BCUT2D eigenvalue weighted by Crippen LogP contribution is -2.24. The number of rotatable bonds is 4. The molecule has 0 atom stereocenters. The van der Waals surface area contributed by atoms with Gasteiger partial charge in [0.1, 0.15) is 11.4 Å². The summed E-state index contributed by atoms with van der Waals surface area (Å²) in [4.78, 5) is 17.5. The third-order valence-electron chi connectivity index (χ3n) is 4.53. The van der Waals surface area contributed by atoms with Gasteiger partial charge in [0, 0.05) is 5.56 Å². The van der Waals surface area contributed by atoms with Crippen LogP contribution >= 0.6 is 11.3 Å². The van der Waals surface area contributed by atoms with Crippen molar-refractivity contribution in [3.8, 4) is 17.0 Å². The minimum absolute atomic E-state index is 0.163. The first-order valence-corrected chi connectivity index (χ1v) is 9.45. The van der Waals surface area contributed by atoms with Gasteiger partial charge in [-0.05, 0) is 37.1 Å². The number of thiazole rings is 1. The van der Waals surface area contributed by atoms with Crippen LogP contribution in [0.1, 0.15) is 16.1 Å².